The second-order valence-corrected chi connectivity index (χ2v) is 7.07. The molecule has 0 saturated carbocycles. The fourth-order valence-electron chi connectivity index (χ4n) is 3.64. The second-order valence-electron chi connectivity index (χ2n) is 7.07. The molecule has 0 radical (unpaired) electrons. The monoisotopic (exact) mass is 329 g/mol. The molecule has 0 aromatic heterocycles. The van der Waals surface area contributed by atoms with Crippen molar-refractivity contribution in [2.24, 2.45) is 0 Å². The van der Waals surface area contributed by atoms with Crippen molar-refractivity contribution in [2.75, 3.05) is 26.8 Å². The number of piperidine rings is 1. The molecule has 3 heterocycles. The van der Waals surface area contributed by atoms with Crippen LogP contribution in [0.4, 0.5) is 0 Å². The highest BCUT2D eigenvalue weighted by Crippen LogP contribution is 2.39. The summed E-state index contributed by atoms with van der Waals surface area (Å²) in [7, 11) is 1.18. The zero-order valence-corrected chi connectivity index (χ0v) is 14.4. The predicted octanol–water partition coefficient (Wildman–Crippen LogP) is 0.469. The van der Waals surface area contributed by atoms with E-state index in [2.05, 4.69) is 0 Å². The van der Waals surface area contributed by atoms with Crippen LogP contribution in [0.3, 0.4) is 0 Å². The molecule has 8 heteroatoms. The van der Waals surface area contributed by atoms with Crippen LogP contribution in [0.5, 0.6) is 0 Å². The first-order valence-electron chi connectivity index (χ1n) is 8.47. The third-order valence-corrected chi connectivity index (χ3v) is 4.77. The minimum Gasteiger partial charge on any atom is -0.437 e. The summed E-state index contributed by atoms with van der Waals surface area (Å²) in [4.78, 5) is 2.03. The molecular weight excluding hydrogens is 301 g/mol. The molecule has 0 spiro atoms. The smallest absolute Gasteiger partial charge is 0.376 e. The van der Waals surface area contributed by atoms with Crippen LogP contribution in [0.15, 0.2) is 0 Å². The molecule has 3 fully saturated rings. The van der Waals surface area contributed by atoms with E-state index in [1.165, 1.54) is 0 Å². The van der Waals surface area contributed by atoms with Crippen molar-refractivity contribution in [3.8, 4) is 0 Å². The van der Waals surface area contributed by atoms with Gasteiger partial charge in [0.15, 0.2) is 12.1 Å². The van der Waals surface area contributed by atoms with Gasteiger partial charge in [0.05, 0.1) is 12.7 Å². The fourth-order valence-corrected chi connectivity index (χ4v) is 3.64. The van der Waals surface area contributed by atoms with Gasteiger partial charge in [-0.05, 0) is 40.1 Å². The highest BCUT2D eigenvalue weighted by atomic mass is 16.8. The summed E-state index contributed by atoms with van der Waals surface area (Å²) in [5, 5.41) is 9.71. The number of fused-ring (bicyclic) bond motifs is 1. The number of rotatable bonds is 5. The zero-order valence-electron chi connectivity index (χ0n) is 14.4. The molecule has 5 unspecified atom stereocenters. The number of ether oxygens (including phenoxy) is 5. The van der Waals surface area contributed by atoms with Crippen molar-refractivity contribution in [1.29, 1.82) is 0 Å². The Morgan fingerprint density at radius 3 is 2.74 bits per heavy atom. The molecule has 132 valence electrons. The van der Waals surface area contributed by atoms with E-state index in [9.17, 15) is 5.02 Å². The van der Waals surface area contributed by atoms with Crippen LogP contribution in [-0.2, 0) is 23.7 Å². The van der Waals surface area contributed by atoms with E-state index in [1.54, 1.807) is 13.9 Å². The van der Waals surface area contributed by atoms with Crippen LogP contribution in [0, 0.1) is 0 Å². The van der Waals surface area contributed by atoms with Gasteiger partial charge in [-0.1, -0.05) is 0 Å². The average Bonchev–Trinajstić information content (AvgIpc) is 2.98. The van der Waals surface area contributed by atoms with E-state index < -0.39 is 19.1 Å². The standard InChI is InChI=1S/C15H28BNO6/c1-15(2)22-12-11(21-14(19-4)13(12)23-15)9-20-10-6-5-7-17(8-10)16(3)18/h10-14,18H,5-9H2,1-4H3. The molecule has 0 bridgehead atoms. The van der Waals surface area contributed by atoms with Crippen molar-refractivity contribution in [1.82, 2.24) is 4.81 Å². The maximum absolute atomic E-state index is 9.71. The molecule has 0 amide bonds. The Morgan fingerprint density at radius 2 is 2.04 bits per heavy atom. The number of nitrogens with zero attached hydrogens (tertiary/aromatic N) is 1. The summed E-state index contributed by atoms with van der Waals surface area (Å²) in [6, 6.07) is 0. The summed E-state index contributed by atoms with van der Waals surface area (Å²) < 4.78 is 29.1. The van der Waals surface area contributed by atoms with Crippen molar-refractivity contribution in [3.63, 3.8) is 0 Å². The summed E-state index contributed by atoms with van der Waals surface area (Å²) in [5.74, 6) is -0.623. The van der Waals surface area contributed by atoms with Gasteiger partial charge in [-0.25, -0.2) is 0 Å². The molecule has 3 aliphatic heterocycles. The Bertz CT molecular complexity index is 409. The molecule has 1 N–H and O–H groups in total. The van der Waals surface area contributed by atoms with Crippen LogP contribution < -0.4 is 0 Å². The normalized spacial score (nSPS) is 40.3. The Balaban J connectivity index is 1.54. The summed E-state index contributed by atoms with van der Waals surface area (Å²) in [5.41, 5.74) is 0. The minimum atomic E-state index is -0.623. The average molecular weight is 329 g/mol. The van der Waals surface area contributed by atoms with Crippen molar-refractivity contribution < 1.29 is 28.7 Å². The fraction of sp³-hybridized carbons (Fsp3) is 1.00. The number of hydrogen-bond acceptors (Lipinski definition) is 7. The van der Waals surface area contributed by atoms with Crippen LogP contribution in [0.25, 0.3) is 0 Å². The van der Waals surface area contributed by atoms with E-state index in [0.717, 1.165) is 25.9 Å². The zero-order chi connectivity index (χ0) is 16.6. The lowest BCUT2D eigenvalue weighted by atomic mass is 9.82. The summed E-state index contributed by atoms with van der Waals surface area (Å²) in [6.07, 6.45) is 1.12. The molecular formula is C15H28BNO6. The highest BCUT2D eigenvalue weighted by molar-refractivity contribution is 6.45. The Kier molecular flexibility index (Phi) is 5.32. The van der Waals surface area contributed by atoms with E-state index in [0.29, 0.717) is 6.61 Å². The first-order chi connectivity index (χ1) is 10.9. The quantitative estimate of drug-likeness (QED) is 0.735. The van der Waals surface area contributed by atoms with Gasteiger partial charge in [0.2, 0.25) is 0 Å². The van der Waals surface area contributed by atoms with Crippen molar-refractivity contribution in [2.45, 2.75) is 70.0 Å². The molecule has 0 aliphatic carbocycles. The Labute approximate surface area is 138 Å². The van der Waals surface area contributed by atoms with Gasteiger partial charge < -0.3 is 33.5 Å². The maximum atomic E-state index is 9.71. The van der Waals surface area contributed by atoms with Gasteiger partial charge in [-0.2, -0.15) is 0 Å². The van der Waals surface area contributed by atoms with Gasteiger partial charge >= 0.3 is 7.05 Å². The Hall–Kier alpha value is -0.215. The predicted molar refractivity (Wildman–Crippen MR) is 83.9 cm³/mol. The van der Waals surface area contributed by atoms with Gasteiger partial charge in [-0.3, -0.25) is 0 Å². The lowest BCUT2D eigenvalue weighted by molar-refractivity contribution is -0.233. The van der Waals surface area contributed by atoms with Crippen LogP contribution in [-0.4, -0.2) is 80.2 Å². The van der Waals surface area contributed by atoms with E-state index in [-0.39, 0.29) is 24.4 Å². The minimum absolute atomic E-state index is 0.109. The number of hydrogen-bond donors (Lipinski definition) is 1. The van der Waals surface area contributed by atoms with Gasteiger partial charge in [0.25, 0.3) is 0 Å². The molecule has 3 saturated heterocycles. The van der Waals surface area contributed by atoms with Gasteiger partial charge in [0.1, 0.15) is 18.3 Å². The first-order valence-corrected chi connectivity index (χ1v) is 8.47. The molecule has 3 aliphatic rings. The van der Waals surface area contributed by atoms with Crippen LogP contribution >= 0.6 is 0 Å². The van der Waals surface area contributed by atoms with Gasteiger partial charge in [-0.15, -0.1) is 0 Å². The van der Waals surface area contributed by atoms with E-state index in [1.807, 2.05) is 18.7 Å². The van der Waals surface area contributed by atoms with E-state index >= 15 is 0 Å². The lowest BCUT2D eigenvalue weighted by Gasteiger charge is -2.34. The largest absolute Gasteiger partial charge is 0.437 e. The SMILES string of the molecule is COC1OC(COC2CCCN(B(C)O)C2)C2OC(C)(C)OC12. The molecule has 5 atom stereocenters. The summed E-state index contributed by atoms with van der Waals surface area (Å²) >= 11 is 0. The molecule has 7 nitrogen and oxygen atoms in total. The molecule has 0 aromatic rings. The van der Waals surface area contributed by atoms with E-state index in [4.69, 9.17) is 23.7 Å². The molecule has 0 aromatic carbocycles. The summed E-state index contributed by atoms with van der Waals surface area (Å²) in [6.45, 7) is 7.70. The van der Waals surface area contributed by atoms with Crippen molar-refractivity contribution in [3.05, 3.63) is 0 Å². The van der Waals surface area contributed by atoms with Gasteiger partial charge in [0, 0.05) is 13.7 Å². The first kappa shape index (κ1) is 17.6. The van der Waals surface area contributed by atoms with Crippen LogP contribution in [0.1, 0.15) is 26.7 Å². The number of methoxy groups -OCH3 is 1. The lowest BCUT2D eigenvalue weighted by Crippen LogP contribution is -2.47. The maximum Gasteiger partial charge on any atom is 0.376 e. The molecule has 23 heavy (non-hydrogen) atoms. The third-order valence-electron chi connectivity index (χ3n) is 4.77. The molecule has 3 rings (SSSR count). The Morgan fingerprint density at radius 1 is 1.30 bits per heavy atom. The highest BCUT2D eigenvalue weighted by Gasteiger charge is 2.55. The van der Waals surface area contributed by atoms with Crippen molar-refractivity contribution >= 4 is 7.05 Å². The van der Waals surface area contributed by atoms with Crippen LogP contribution in [0.2, 0.25) is 6.82 Å². The topological polar surface area (TPSA) is 69.6 Å². The third kappa shape index (κ3) is 3.90. The second kappa shape index (κ2) is 6.96.